The number of hydrogen-bond donors (Lipinski definition) is 2. The fraction of sp³-hybridized carbons (Fsp3) is 0.500. The van der Waals surface area contributed by atoms with E-state index in [9.17, 15) is 4.79 Å². The molecule has 0 fully saturated rings. The third-order valence-corrected chi connectivity index (χ3v) is 2.51. The first kappa shape index (κ1) is 14.4. The number of aromatic nitrogens is 1. The number of pyridine rings is 1. The number of hydrogen-bond acceptors (Lipinski definition) is 5. The van der Waals surface area contributed by atoms with Gasteiger partial charge in [0.1, 0.15) is 0 Å². The normalized spacial score (nSPS) is 11.9. The third-order valence-electron chi connectivity index (χ3n) is 2.51. The van der Waals surface area contributed by atoms with Crippen LogP contribution in [-0.2, 0) is 16.1 Å². The molecule has 3 N–H and O–H groups in total. The van der Waals surface area contributed by atoms with Crippen molar-refractivity contribution in [1.82, 2.24) is 10.3 Å². The van der Waals surface area contributed by atoms with Crippen LogP contribution in [0, 0.1) is 0 Å². The number of carbonyl (C=O) groups is 1. The molecule has 0 aliphatic carbocycles. The van der Waals surface area contributed by atoms with Crippen LogP contribution in [0.1, 0.15) is 12.0 Å². The number of amides is 1. The minimum atomic E-state index is -0.237. The van der Waals surface area contributed by atoms with Crippen molar-refractivity contribution in [2.45, 2.75) is 19.1 Å². The predicted molar refractivity (Wildman–Crippen MR) is 67.1 cm³/mol. The Kier molecular flexibility index (Phi) is 6.10. The van der Waals surface area contributed by atoms with Crippen LogP contribution in [0.4, 0.5) is 0 Å². The van der Waals surface area contributed by atoms with Crippen molar-refractivity contribution in [3.05, 3.63) is 23.9 Å². The van der Waals surface area contributed by atoms with Crippen molar-refractivity contribution in [2.75, 3.05) is 20.8 Å². The summed E-state index contributed by atoms with van der Waals surface area (Å²) in [6.45, 7) is 0.755. The number of rotatable bonds is 7. The lowest BCUT2D eigenvalue weighted by atomic mass is 10.2. The Morgan fingerprint density at radius 3 is 2.78 bits per heavy atom. The lowest BCUT2D eigenvalue weighted by Crippen LogP contribution is -2.31. The second kappa shape index (κ2) is 7.62. The maximum atomic E-state index is 11.6. The highest BCUT2D eigenvalue weighted by Crippen LogP contribution is 2.06. The summed E-state index contributed by atoms with van der Waals surface area (Å²) < 4.78 is 9.99. The molecule has 6 nitrogen and oxygen atoms in total. The molecule has 100 valence electrons. The molecule has 0 spiro atoms. The van der Waals surface area contributed by atoms with Crippen LogP contribution in [0.2, 0.25) is 0 Å². The van der Waals surface area contributed by atoms with Gasteiger partial charge in [-0.25, -0.2) is 4.98 Å². The largest absolute Gasteiger partial charge is 0.481 e. The molecule has 1 atom stereocenters. The molecule has 0 saturated heterocycles. The van der Waals surface area contributed by atoms with Gasteiger partial charge in [0, 0.05) is 32.5 Å². The van der Waals surface area contributed by atoms with Crippen LogP contribution in [0.3, 0.4) is 0 Å². The highest BCUT2D eigenvalue weighted by atomic mass is 16.5. The van der Waals surface area contributed by atoms with Crippen molar-refractivity contribution >= 4 is 5.91 Å². The van der Waals surface area contributed by atoms with Crippen molar-refractivity contribution in [2.24, 2.45) is 5.73 Å². The van der Waals surface area contributed by atoms with Crippen LogP contribution >= 0.6 is 0 Å². The van der Waals surface area contributed by atoms with Gasteiger partial charge in [-0.05, 0) is 5.56 Å². The van der Waals surface area contributed by atoms with Crippen LogP contribution in [0.25, 0.3) is 0 Å². The molecule has 1 amide bonds. The maximum absolute atomic E-state index is 11.6. The quantitative estimate of drug-likeness (QED) is 0.718. The SMILES string of the molecule is COc1ccc(CNC(=O)CC(CN)OC)cn1. The van der Waals surface area contributed by atoms with E-state index in [0.717, 1.165) is 5.56 Å². The van der Waals surface area contributed by atoms with E-state index >= 15 is 0 Å². The molecule has 0 bridgehead atoms. The van der Waals surface area contributed by atoms with Gasteiger partial charge in [0.15, 0.2) is 0 Å². The third kappa shape index (κ3) is 4.68. The van der Waals surface area contributed by atoms with Gasteiger partial charge in [-0.3, -0.25) is 4.79 Å². The summed E-state index contributed by atoms with van der Waals surface area (Å²) in [4.78, 5) is 15.6. The van der Waals surface area contributed by atoms with Crippen molar-refractivity contribution < 1.29 is 14.3 Å². The van der Waals surface area contributed by atoms with Crippen molar-refractivity contribution in [1.29, 1.82) is 0 Å². The van der Waals surface area contributed by atoms with Crippen molar-refractivity contribution in [3.8, 4) is 5.88 Å². The Labute approximate surface area is 106 Å². The Balaban J connectivity index is 2.37. The van der Waals surface area contributed by atoms with Gasteiger partial charge in [-0.2, -0.15) is 0 Å². The first-order valence-electron chi connectivity index (χ1n) is 5.68. The monoisotopic (exact) mass is 253 g/mol. The summed E-state index contributed by atoms with van der Waals surface area (Å²) >= 11 is 0. The molecular weight excluding hydrogens is 234 g/mol. The molecule has 1 heterocycles. The topological polar surface area (TPSA) is 86.5 Å². The van der Waals surface area contributed by atoms with E-state index in [2.05, 4.69) is 10.3 Å². The number of ether oxygens (including phenoxy) is 2. The van der Waals surface area contributed by atoms with Gasteiger partial charge in [0.25, 0.3) is 0 Å². The average Bonchev–Trinajstić information content (AvgIpc) is 2.43. The highest BCUT2D eigenvalue weighted by Gasteiger charge is 2.10. The zero-order chi connectivity index (χ0) is 13.4. The van der Waals surface area contributed by atoms with Crippen LogP contribution in [-0.4, -0.2) is 37.8 Å². The molecule has 0 aromatic carbocycles. The molecule has 18 heavy (non-hydrogen) atoms. The fourth-order valence-corrected chi connectivity index (χ4v) is 1.38. The minimum absolute atomic E-state index is 0.0943. The summed E-state index contributed by atoms with van der Waals surface area (Å²) in [7, 11) is 3.10. The fourth-order valence-electron chi connectivity index (χ4n) is 1.38. The number of nitrogens with zero attached hydrogens (tertiary/aromatic N) is 1. The molecule has 0 aliphatic rings. The molecule has 6 heteroatoms. The zero-order valence-corrected chi connectivity index (χ0v) is 10.7. The second-order valence-electron chi connectivity index (χ2n) is 3.78. The van der Waals surface area contributed by atoms with E-state index in [1.807, 2.05) is 6.07 Å². The van der Waals surface area contributed by atoms with Gasteiger partial charge < -0.3 is 20.5 Å². The lowest BCUT2D eigenvalue weighted by molar-refractivity contribution is -0.123. The summed E-state index contributed by atoms with van der Waals surface area (Å²) in [6.07, 6.45) is 1.69. The molecule has 1 unspecified atom stereocenters. The number of nitrogens with two attached hydrogens (primary N) is 1. The molecule has 0 saturated carbocycles. The van der Waals surface area contributed by atoms with Gasteiger partial charge in [0.2, 0.25) is 11.8 Å². The molecule has 0 radical (unpaired) electrons. The molecular formula is C12H19N3O3. The van der Waals surface area contributed by atoms with E-state index in [4.69, 9.17) is 15.2 Å². The zero-order valence-electron chi connectivity index (χ0n) is 10.7. The predicted octanol–water partition coefficient (Wildman–Crippen LogP) is 0.0702. The molecule has 1 aromatic heterocycles. The average molecular weight is 253 g/mol. The Morgan fingerprint density at radius 2 is 2.28 bits per heavy atom. The summed E-state index contributed by atoms with van der Waals surface area (Å²) in [5, 5.41) is 2.78. The number of nitrogens with one attached hydrogen (secondary N) is 1. The second-order valence-corrected chi connectivity index (χ2v) is 3.78. The Bertz CT molecular complexity index is 363. The van der Waals surface area contributed by atoms with Crippen LogP contribution in [0.15, 0.2) is 18.3 Å². The summed E-state index contributed by atoms with van der Waals surface area (Å²) in [6, 6.07) is 3.60. The standard InChI is InChI=1S/C12H19N3O3/c1-17-10(6-13)5-11(16)14-7-9-3-4-12(18-2)15-8-9/h3-4,8,10H,5-7,13H2,1-2H3,(H,14,16). The smallest absolute Gasteiger partial charge is 0.222 e. The van der Waals surface area contributed by atoms with E-state index in [1.54, 1.807) is 19.4 Å². The van der Waals surface area contributed by atoms with Gasteiger partial charge >= 0.3 is 0 Å². The van der Waals surface area contributed by atoms with E-state index < -0.39 is 0 Å². The first-order valence-corrected chi connectivity index (χ1v) is 5.68. The van der Waals surface area contributed by atoms with Gasteiger partial charge in [-0.15, -0.1) is 0 Å². The first-order chi connectivity index (χ1) is 8.69. The summed E-state index contributed by atoms with van der Waals surface area (Å²) in [5.74, 6) is 0.454. The Morgan fingerprint density at radius 1 is 1.50 bits per heavy atom. The molecule has 0 aliphatic heterocycles. The summed E-state index contributed by atoms with van der Waals surface area (Å²) in [5.41, 5.74) is 6.35. The van der Waals surface area contributed by atoms with Gasteiger partial charge in [0.05, 0.1) is 19.6 Å². The van der Waals surface area contributed by atoms with Crippen LogP contribution in [0.5, 0.6) is 5.88 Å². The highest BCUT2D eigenvalue weighted by molar-refractivity contribution is 5.76. The maximum Gasteiger partial charge on any atom is 0.222 e. The van der Waals surface area contributed by atoms with E-state index in [0.29, 0.717) is 19.0 Å². The van der Waals surface area contributed by atoms with Gasteiger partial charge in [-0.1, -0.05) is 6.07 Å². The molecule has 1 aromatic rings. The molecule has 1 rings (SSSR count). The lowest BCUT2D eigenvalue weighted by Gasteiger charge is -2.12. The Hall–Kier alpha value is -1.66. The number of methoxy groups -OCH3 is 2. The number of carbonyl (C=O) groups excluding carboxylic acids is 1. The van der Waals surface area contributed by atoms with Crippen molar-refractivity contribution in [3.63, 3.8) is 0 Å². The van der Waals surface area contributed by atoms with Crippen LogP contribution < -0.4 is 15.8 Å². The van der Waals surface area contributed by atoms with E-state index in [1.165, 1.54) is 7.11 Å². The van der Waals surface area contributed by atoms with E-state index in [-0.39, 0.29) is 18.4 Å². The minimum Gasteiger partial charge on any atom is -0.481 e.